The van der Waals surface area contributed by atoms with Gasteiger partial charge in [-0.1, -0.05) is 13.0 Å². The molecule has 14 heavy (non-hydrogen) atoms. The van der Waals surface area contributed by atoms with E-state index in [4.69, 9.17) is 0 Å². The van der Waals surface area contributed by atoms with E-state index >= 15 is 0 Å². The first-order chi connectivity index (χ1) is 6.56. The van der Waals surface area contributed by atoms with Gasteiger partial charge in [-0.3, -0.25) is 0 Å². The molecule has 0 aromatic heterocycles. The lowest BCUT2D eigenvalue weighted by Gasteiger charge is -2.11. The largest absolute Gasteiger partial charge is 0.432 e. The number of benzene rings is 1. The van der Waals surface area contributed by atoms with Crippen molar-refractivity contribution in [3.63, 3.8) is 0 Å². The van der Waals surface area contributed by atoms with Crippen LogP contribution in [0.3, 0.4) is 0 Å². The predicted octanol–water partition coefficient (Wildman–Crippen LogP) is 4.38. The van der Waals surface area contributed by atoms with Crippen molar-refractivity contribution in [3.8, 4) is 5.75 Å². The Hall–Kier alpha value is -0.160. The topological polar surface area (TPSA) is 9.23 Å². The summed E-state index contributed by atoms with van der Waals surface area (Å²) in [5, 5.41) is 0. The molecule has 78 valence electrons. The van der Waals surface area contributed by atoms with E-state index in [1.165, 1.54) is 0 Å². The van der Waals surface area contributed by atoms with Gasteiger partial charge in [0, 0.05) is 0 Å². The lowest BCUT2D eigenvalue weighted by molar-refractivity contribution is -0.0509. The van der Waals surface area contributed by atoms with Crippen LogP contribution in [0.25, 0.3) is 0 Å². The Balaban J connectivity index is 3.11. The standard InChI is InChI=1S/C9H8Br2F2O/c1-2-5-3-4-6(10)8(7(5)11)14-9(12)13/h3-4,9H,2H2,1H3. The van der Waals surface area contributed by atoms with Crippen LogP contribution >= 0.6 is 31.9 Å². The van der Waals surface area contributed by atoms with Crippen molar-refractivity contribution < 1.29 is 13.5 Å². The number of hydrogen-bond acceptors (Lipinski definition) is 1. The Morgan fingerprint density at radius 1 is 1.36 bits per heavy atom. The zero-order valence-electron chi connectivity index (χ0n) is 7.36. The van der Waals surface area contributed by atoms with Crippen molar-refractivity contribution in [1.82, 2.24) is 0 Å². The molecule has 0 amide bonds. The molecule has 0 aliphatic carbocycles. The SMILES string of the molecule is CCc1ccc(Br)c(OC(F)F)c1Br. The lowest BCUT2D eigenvalue weighted by atomic mass is 10.2. The highest BCUT2D eigenvalue weighted by atomic mass is 79.9. The van der Waals surface area contributed by atoms with Crippen molar-refractivity contribution >= 4 is 31.9 Å². The summed E-state index contributed by atoms with van der Waals surface area (Å²) in [6.07, 6.45) is 0.757. The van der Waals surface area contributed by atoms with Gasteiger partial charge in [-0.05, 0) is 49.9 Å². The van der Waals surface area contributed by atoms with E-state index < -0.39 is 6.61 Å². The first-order valence-corrected chi connectivity index (χ1v) is 5.56. The Labute approximate surface area is 97.7 Å². The summed E-state index contributed by atoms with van der Waals surface area (Å²) in [6.45, 7) is -0.866. The third kappa shape index (κ3) is 2.67. The minimum Gasteiger partial charge on any atom is -0.432 e. The van der Waals surface area contributed by atoms with Gasteiger partial charge in [0.05, 0.1) is 8.95 Å². The van der Waals surface area contributed by atoms with E-state index in [-0.39, 0.29) is 5.75 Å². The van der Waals surface area contributed by atoms with Crippen LogP contribution in [-0.2, 0) is 6.42 Å². The van der Waals surface area contributed by atoms with E-state index in [1.54, 1.807) is 6.07 Å². The highest BCUT2D eigenvalue weighted by molar-refractivity contribution is 9.11. The first-order valence-electron chi connectivity index (χ1n) is 3.98. The van der Waals surface area contributed by atoms with Crippen LogP contribution in [0.15, 0.2) is 21.1 Å². The zero-order valence-corrected chi connectivity index (χ0v) is 10.5. The second-order valence-corrected chi connectivity index (χ2v) is 4.23. The predicted molar refractivity (Wildman–Crippen MR) is 57.9 cm³/mol. The van der Waals surface area contributed by atoms with Gasteiger partial charge < -0.3 is 4.74 Å². The second kappa shape index (κ2) is 5.07. The summed E-state index contributed by atoms with van der Waals surface area (Å²) in [5.41, 5.74) is 0.934. The quantitative estimate of drug-likeness (QED) is 0.799. The average molecular weight is 330 g/mol. The molecule has 0 atom stereocenters. The molecule has 1 rings (SSSR count). The minimum atomic E-state index is -2.81. The smallest absolute Gasteiger partial charge is 0.387 e. The molecule has 0 aliphatic rings. The van der Waals surface area contributed by atoms with Crippen LogP contribution in [0.4, 0.5) is 8.78 Å². The Morgan fingerprint density at radius 2 is 2.00 bits per heavy atom. The van der Waals surface area contributed by atoms with Gasteiger partial charge >= 0.3 is 6.61 Å². The summed E-state index contributed by atoms with van der Waals surface area (Å²) >= 11 is 6.38. The number of hydrogen-bond donors (Lipinski definition) is 0. The molecule has 0 spiro atoms. The molecule has 0 fully saturated rings. The highest BCUT2D eigenvalue weighted by Gasteiger charge is 2.14. The first kappa shape index (κ1) is 11.9. The molecule has 0 saturated heterocycles. The van der Waals surface area contributed by atoms with Crippen LogP contribution in [0.1, 0.15) is 12.5 Å². The third-order valence-electron chi connectivity index (χ3n) is 1.72. The molecule has 0 unspecified atom stereocenters. The normalized spacial score (nSPS) is 10.7. The van der Waals surface area contributed by atoms with Gasteiger partial charge in [-0.15, -0.1) is 0 Å². The molecule has 0 radical (unpaired) electrons. The fourth-order valence-corrected chi connectivity index (χ4v) is 2.45. The van der Waals surface area contributed by atoms with Crippen LogP contribution < -0.4 is 4.74 Å². The van der Waals surface area contributed by atoms with Gasteiger partial charge in [0.2, 0.25) is 0 Å². The maximum atomic E-state index is 12.1. The summed E-state index contributed by atoms with van der Waals surface area (Å²) in [5.74, 6) is 0.152. The molecule has 0 aliphatic heterocycles. The van der Waals surface area contributed by atoms with E-state index in [0.717, 1.165) is 12.0 Å². The lowest BCUT2D eigenvalue weighted by Crippen LogP contribution is -2.04. The van der Waals surface area contributed by atoms with Gasteiger partial charge in [0.1, 0.15) is 0 Å². The summed E-state index contributed by atoms with van der Waals surface area (Å²) in [7, 11) is 0. The fourth-order valence-electron chi connectivity index (χ4n) is 1.04. The minimum absolute atomic E-state index is 0.152. The van der Waals surface area contributed by atoms with Gasteiger partial charge in [-0.2, -0.15) is 8.78 Å². The Morgan fingerprint density at radius 3 is 2.50 bits per heavy atom. The summed E-state index contributed by atoms with van der Waals surface area (Å²) in [6, 6.07) is 3.55. The summed E-state index contributed by atoms with van der Waals surface area (Å²) in [4.78, 5) is 0. The van der Waals surface area contributed by atoms with Crippen LogP contribution in [0.5, 0.6) is 5.75 Å². The molecule has 1 nitrogen and oxygen atoms in total. The molecule has 0 saturated carbocycles. The van der Waals surface area contributed by atoms with Crippen LogP contribution in [-0.4, -0.2) is 6.61 Å². The fraction of sp³-hybridized carbons (Fsp3) is 0.333. The Bertz CT molecular complexity index is 329. The number of aryl methyl sites for hydroxylation is 1. The molecular formula is C9H8Br2F2O. The van der Waals surface area contributed by atoms with Gasteiger partial charge in [-0.25, -0.2) is 0 Å². The third-order valence-corrected chi connectivity index (χ3v) is 3.21. The van der Waals surface area contributed by atoms with E-state index in [9.17, 15) is 8.78 Å². The monoisotopic (exact) mass is 328 g/mol. The van der Waals surface area contributed by atoms with Crippen LogP contribution in [0, 0.1) is 0 Å². The molecule has 0 bridgehead atoms. The van der Waals surface area contributed by atoms with Crippen molar-refractivity contribution in [2.75, 3.05) is 0 Å². The number of rotatable bonds is 3. The van der Waals surface area contributed by atoms with Crippen LogP contribution in [0.2, 0.25) is 0 Å². The number of alkyl halides is 2. The second-order valence-electron chi connectivity index (χ2n) is 2.58. The van der Waals surface area contributed by atoms with Gasteiger partial charge in [0.15, 0.2) is 5.75 Å². The van der Waals surface area contributed by atoms with Crippen molar-refractivity contribution in [2.45, 2.75) is 20.0 Å². The van der Waals surface area contributed by atoms with Crippen molar-refractivity contribution in [2.24, 2.45) is 0 Å². The average Bonchev–Trinajstić information content (AvgIpc) is 2.12. The number of ether oxygens (including phenoxy) is 1. The van der Waals surface area contributed by atoms with E-state index in [0.29, 0.717) is 8.95 Å². The maximum Gasteiger partial charge on any atom is 0.387 e. The molecular weight excluding hydrogens is 322 g/mol. The zero-order chi connectivity index (χ0) is 10.7. The molecule has 1 aromatic carbocycles. The molecule has 0 heterocycles. The molecule has 0 N–H and O–H groups in total. The highest BCUT2D eigenvalue weighted by Crippen LogP contribution is 2.37. The maximum absolute atomic E-state index is 12.1. The van der Waals surface area contributed by atoms with Gasteiger partial charge in [0.25, 0.3) is 0 Å². The van der Waals surface area contributed by atoms with E-state index in [2.05, 4.69) is 36.6 Å². The van der Waals surface area contributed by atoms with Crippen molar-refractivity contribution in [3.05, 3.63) is 26.6 Å². The Kier molecular flexibility index (Phi) is 4.31. The molecule has 5 heteroatoms. The van der Waals surface area contributed by atoms with E-state index in [1.807, 2.05) is 13.0 Å². The van der Waals surface area contributed by atoms with Crippen molar-refractivity contribution in [1.29, 1.82) is 0 Å². The number of halogens is 4. The summed E-state index contributed by atoms with van der Waals surface area (Å²) < 4.78 is 29.6. The molecule has 1 aromatic rings.